The van der Waals surface area contributed by atoms with E-state index in [1.165, 1.54) is 0 Å². The summed E-state index contributed by atoms with van der Waals surface area (Å²) in [7, 11) is 0. The molecule has 0 spiro atoms. The van der Waals surface area contributed by atoms with Gasteiger partial charge in [0.1, 0.15) is 5.82 Å². The average Bonchev–Trinajstić information content (AvgIpc) is 3.37. The second-order valence-electron chi connectivity index (χ2n) is 6.70. The molecule has 0 aliphatic carbocycles. The Morgan fingerprint density at radius 1 is 1.00 bits per heavy atom. The van der Waals surface area contributed by atoms with Crippen LogP contribution in [0.4, 0.5) is 5.69 Å². The van der Waals surface area contributed by atoms with Crippen LogP contribution in [0.2, 0.25) is 0 Å². The number of furan rings is 1. The summed E-state index contributed by atoms with van der Waals surface area (Å²) in [5.41, 5.74) is 3.07. The van der Waals surface area contributed by atoms with Gasteiger partial charge in [0.05, 0.1) is 11.0 Å². The predicted octanol–water partition coefficient (Wildman–Crippen LogP) is 4.53. The SMILES string of the molecule is O=C(NCCCc1nc2ccccc2[nH]1)c1ccc(NC(=O)c2ccc(Br)o2)cc1. The first-order valence-electron chi connectivity index (χ1n) is 9.47. The number of fused-ring (bicyclic) bond motifs is 1. The fraction of sp³-hybridized carbons (Fsp3) is 0.136. The zero-order valence-corrected chi connectivity index (χ0v) is 17.5. The van der Waals surface area contributed by atoms with Crippen LogP contribution in [0.25, 0.3) is 11.0 Å². The molecule has 152 valence electrons. The molecule has 8 heteroatoms. The van der Waals surface area contributed by atoms with Gasteiger partial charge in [-0.25, -0.2) is 4.98 Å². The minimum absolute atomic E-state index is 0.160. The Labute approximate surface area is 181 Å². The van der Waals surface area contributed by atoms with Crippen molar-refractivity contribution in [3.63, 3.8) is 0 Å². The molecule has 0 aliphatic rings. The predicted molar refractivity (Wildman–Crippen MR) is 118 cm³/mol. The number of aromatic amines is 1. The molecule has 7 nitrogen and oxygen atoms in total. The highest BCUT2D eigenvalue weighted by Gasteiger charge is 2.11. The van der Waals surface area contributed by atoms with Crippen LogP contribution >= 0.6 is 15.9 Å². The molecule has 3 N–H and O–H groups in total. The zero-order chi connectivity index (χ0) is 20.9. The van der Waals surface area contributed by atoms with Crippen molar-refractivity contribution < 1.29 is 14.0 Å². The zero-order valence-electron chi connectivity index (χ0n) is 15.9. The van der Waals surface area contributed by atoms with E-state index in [0.717, 1.165) is 29.7 Å². The molecule has 0 bridgehead atoms. The summed E-state index contributed by atoms with van der Waals surface area (Å²) in [6, 6.07) is 17.8. The Hall–Kier alpha value is -3.39. The first kappa shape index (κ1) is 19.9. The normalized spacial score (nSPS) is 10.8. The van der Waals surface area contributed by atoms with Crippen LogP contribution in [0.5, 0.6) is 0 Å². The summed E-state index contributed by atoms with van der Waals surface area (Å²) >= 11 is 3.16. The molecular weight excluding hydrogens is 448 g/mol. The van der Waals surface area contributed by atoms with Gasteiger partial charge >= 0.3 is 0 Å². The maximum absolute atomic E-state index is 12.3. The van der Waals surface area contributed by atoms with Crippen molar-refractivity contribution >= 4 is 44.5 Å². The maximum Gasteiger partial charge on any atom is 0.291 e. The van der Waals surface area contributed by atoms with Gasteiger partial charge in [-0.15, -0.1) is 0 Å². The molecule has 4 rings (SSSR count). The highest BCUT2D eigenvalue weighted by molar-refractivity contribution is 9.10. The minimum Gasteiger partial charge on any atom is -0.444 e. The first-order chi connectivity index (χ1) is 14.6. The number of carbonyl (C=O) groups excluding carboxylic acids is 2. The fourth-order valence-electron chi connectivity index (χ4n) is 3.02. The summed E-state index contributed by atoms with van der Waals surface area (Å²) in [5, 5.41) is 5.63. The van der Waals surface area contributed by atoms with Gasteiger partial charge in [0.15, 0.2) is 10.4 Å². The van der Waals surface area contributed by atoms with E-state index in [1.807, 2.05) is 24.3 Å². The van der Waals surface area contributed by atoms with Gasteiger partial charge in [-0.05, 0) is 70.9 Å². The van der Waals surface area contributed by atoms with Crippen LogP contribution in [0, 0.1) is 0 Å². The first-order valence-corrected chi connectivity index (χ1v) is 10.3. The molecule has 0 atom stereocenters. The number of para-hydroxylation sites is 2. The number of aromatic nitrogens is 2. The molecule has 0 radical (unpaired) electrons. The summed E-state index contributed by atoms with van der Waals surface area (Å²) < 4.78 is 5.70. The Kier molecular flexibility index (Phi) is 5.94. The van der Waals surface area contributed by atoms with Crippen molar-refractivity contribution in [2.24, 2.45) is 0 Å². The number of amides is 2. The number of carbonyl (C=O) groups is 2. The molecule has 0 saturated heterocycles. The molecule has 4 aromatic rings. The lowest BCUT2D eigenvalue weighted by Gasteiger charge is -2.07. The molecule has 2 aromatic carbocycles. The van der Waals surface area contributed by atoms with Crippen molar-refractivity contribution in [2.75, 3.05) is 11.9 Å². The van der Waals surface area contributed by atoms with Gasteiger partial charge in [-0.2, -0.15) is 0 Å². The molecule has 0 unspecified atom stereocenters. The third kappa shape index (κ3) is 4.77. The number of aryl methyl sites for hydroxylation is 1. The second kappa shape index (κ2) is 8.96. The molecule has 2 heterocycles. The van der Waals surface area contributed by atoms with E-state index < -0.39 is 0 Å². The molecular formula is C22H19BrN4O3. The van der Waals surface area contributed by atoms with E-state index in [-0.39, 0.29) is 17.6 Å². The van der Waals surface area contributed by atoms with Crippen LogP contribution in [0.3, 0.4) is 0 Å². The number of imidazole rings is 1. The number of nitrogens with one attached hydrogen (secondary N) is 3. The number of H-pyrrole nitrogens is 1. The van der Waals surface area contributed by atoms with Gasteiger partial charge in [-0.3, -0.25) is 9.59 Å². The van der Waals surface area contributed by atoms with Gasteiger partial charge in [0, 0.05) is 24.2 Å². The van der Waals surface area contributed by atoms with Crippen LogP contribution in [0.15, 0.2) is 69.8 Å². The van der Waals surface area contributed by atoms with E-state index in [0.29, 0.717) is 22.5 Å². The molecule has 0 fully saturated rings. The molecule has 2 aromatic heterocycles. The Bertz CT molecular complexity index is 1150. The summed E-state index contributed by atoms with van der Waals surface area (Å²) in [6.07, 6.45) is 1.53. The smallest absolute Gasteiger partial charge is 0.291 e. The van der Waals surface area contributed by atoms with Crippen molar-refractivity contribution in [3.05, 3.63) is 82.5 Å². The number of benzene rings is 2. The fourth-order valence-corrected chi connectivity index (χ4v) is 3.32. The topological polar surface area (TPSA) is 100 Å². The molecule has 30 heavy (non-hydrogen) atoms. The summed E-state index contributed by atoms with van der Waals surface area (Å²) in [4.78, 5) is 32.2. The minimum atomic E-state index is -0.358. The number of halogens is 1. The number of hydrogen-bond acceptors (Lipinski definition) is 4. The maximum atomic E-state index is 12.3. The Morgan fingerprint density at radius 2 is 1.80 bits per heavy atom. The van der Waals surface area contributed by atoms with Crippen molar-refractivity contribution in [1.82, 2.24) is 15.3 Å². The van der Waals surface area contributed by atoms with E-state index >= 15 is 0 Å². The third-order valence-corrected chi connectivity index (χ3v) is 4.94. The van der Waals surface area contributed by atoms with E-state index in [9.17, 15) is 9.59 Å². The lowest BCUT2D eigenvalue weighted by Crippen LogP contribution is -2.24. The Balaban J connectivity index is 1.24. The second-order valence-corrected chi connectivity index (χ2v) is 7.48. The lowest BCUT2D eigenvalue weighted by molar-refractivity contribution is 0.0952. The molecule has 0 saturated carbocycles. The van der Waals surface area contributed by atoms with Gasteiger partial charge in [0.2, 0.25) is 0 Å². The highest BCUT2D eigenvalue weighted by atomic mass is 79.9. The van der Waals surface area contributed by atoms with Crippen molar-refractivity contribution in [1.29, 1.82) is 0 Å². The lowest BCUT2D eigenvalue weighted by atomic mass is 10.2. The van der Waals surface area contributed by atoms with Crippen molar-refractivity contribution in [2.45, 2.75) is 12.8 Å². The Morgan fingerprint density at radius 3 is 2.53 bits per heavy atom. The average molecular weight is 467 g/mol. The molecule has 0 aliphatic heterocycles. The van der Waals surface area contributed by atoms with E-state index in [4.69, 9.17) is 4.42 Å². The van der Waals surface area contributed by atoms with E-state index in [1.54, 1.807) is 36.4 Å². The standard InChI is InChI=1S/C22H19BrN4O3/c23-19-12-11-18(30-19)22(29)25-15-9-7-14(8-10-15)21(28)24-13-3-6-20-26-16-4-1-2-5-17(16)27-20/h1-2,4-5,7-12H,3,6,13H2,(H,24,28)(H,25,29)(H,26,27). The number of nitrogens with zero attached hydrogens (tertiary/aromatic N) is 1. The number of anilines is 1. The van der Waals surface area contributed by atoms with Gasteiger partial charge < -0.3 is 20.0 Å². The third-order valence-electron chi connectivity index (χ3n) is 4.52. The van der Waals surface area contributed by atoms with Crippen LogP contribution in [0.1, 0.15) is 33.2 Å². The molecule has 2 amide bonds. The monoisotopic (exact) mass is 466 g/mol. The highest BCUT2D eigenvalue weighted by Crippen LogP contribution is 2.16. The van der Waals surface area contributed by atoms with Gasteiger partial charge in [0.25, 0.3) is 11.8 Å². The van der Waals surface area contributed by atoms with Crippen LogP contribution < -0.4 is 10.6 Å². The van der Waals surface area contributed by atoms with Crippen LogP contribution in [-0.2, 0) is 6.42 Å². The van der Waals surface area contributed by atoms with E-state index in [2.05, 4.69) is 36.5 Å². The van der Waals surface area contributed by atoms with Crippen LogP contribution in [-0.4, -0.2) is 28.3 Å². The quantitative estimate of drug-likeness (QED) is 0.348. The van der Waals surface area contributed by atoms with Crippen molar-refractivity contribution in [3.8, 4) is 0 Å². The summed E-state index contributed by atoms with van der Waals surface area (Å²) in [5.74, 6) is 0.596. The number of rotatable bonds is 7. The largest absolute Gasteiger partial charge is 0.444 e. The number of hydrogen-bond donors (Lipinski definition) is 3. The van der Waals surface area contributed by atoms with Gasteiger partial charge in [-0.1, -0.05) is 12.1 Å². The summed E-state index contributed by atoms with van der Waals surface area (Å²) in [6.45, 7) is 0.543.